The number of unbranched alkanes of at least 4 members (excludes halogenated alkanes) is 1. The molecule has 0 unspecified atom stereocenters. The number of carbonyl (C=O) groups excluding carboxylic acids is 1. The van der Waals surface area contributed by atoms with Gasteiger partial charge in [0.2, 0.25) is 5.91 Å². The molecule has 0 heterocycles. The normalized spacial score (nSPS) is 16.3. The van der Waals surface area contributed by atoms with Crippen LogP contribution in [0.5, 0.6) is 0 Å². The van der Waals surface area contributed by atoms with E-state index in [1.54, 1.807) is 0 Å². The number of hydrogen-bond donors (Lipinski definition) is 2. The van der Waals surface area contributed by atoms with E-state index in [9.17, 15) is 4.79 Å². The summed E-state index contributed by atoms with van der Waals surface area (Å²) in [6.07, 6.45) is 5.97. The highest BCUT2D eigenvalue weighted by atomic mass is 35.5. The van der Waals surface area contributed by atoms with E-state index in [1.165, 1.54) is 0 Å². The third-order valence-corrected chi connectivity index (χ3v) is 4.46. The maximum Gasteiger partial charge on any atom is 0.230 e. The molecule has 0 bridgehead atoms. The molecule has 0 aromatic heterocycles. The lowest BCUT2D eigenvalue weighted by molar-refractivity contribution is -0.126. The monoisotopic (exact) mass is 330 g/mol. The summed E-state index contributed by atoms with van der Waals surface area (Å²) in [5.74, 6) is 0.161. The van der Waals surface area contributed by atoms with Crippen LogP contribution in [0, 0.1) is 0 Å². The summed E-state index contributed by atoms with van der Waals surface area (Å²) < 4.78 is 0. The van der Waals surface area contributed by atoms with Gasteiger partial charge in [0, 0.05) is 11.6 Å². The molecule has 1 aromatic rings. The van der Waals surface area contributed by atoms with Crippen LogP contribution in [-0.2, 0) is 10.2 Å². The van der Waals surface area contributed by atoms with Gasteiger partial charge >= 0.3 is 0 Å². The number of nitrogens with one attached hydrogen (secondary N) is 1. The second-order valence-corrected chi connectivity index (χ2v) is 5.98. The zero-order chi connectivity index (χ0) is 14.4. The Balaban J connectivity index is 0.00000220. The van der Waals surface area contributed by atoms with Crippen molar-refractivity contribution in [3.05, 3.63) is 34.9 Å². The Morgan fingerprint density at radius 1 is 1.19 bits per heavy atom. The molecule has 0 atom stereocenters. The highest BCUT2D eigenvalue weighted by Gasteiger charge is 2.42. The van der Waals surface area contributed by atoms with E-state index >= 15 is 0 Å². The van der Waals surface area contributed by atoms with E-state index < -0.39 is 0 Å². The first-order valence-electron chi connectivity index (χ1n) is 7.43. The molecule has 1 fully saturated rings. The Morgan fingerprint density at radius 2 is 1.81 bits per heavy atom. The van der Waals surface area contributed by atoms with E-state index in [-0.39, 0.29) is 23.7 Å². The molecule has 1 aliphatic carbocycles. The van der Waals surface area contributed by atoms with Crippen LogP contribution >= 0.6 is 24.0 Å². The first kappa shape index (κ1) is 18.3. The van der Waals surface area contributed by atoms with Crippen molar-refractivity contribution in [2.45, 2.75) is 43.9 Å². The Hall–Kier alpha value is -0.770. The van der Waals surface area contributed by atoms with Gasteiger partial charge in [0.15, 0.2) is 0 Å². The van der Waals surface area contributed by atoms with Crippen molar-refractivity contribution in [3.8, 4) is 0 Å². The van der Waals surface area contributed by atoms with Crippen LogP contribution in [0.2, 0.25) is 5.02 Å². The molecule has 0 radical (unpaired) electrons. The summed E-state index contributed by atoms with van der Waals surface area (Å²) in [6.45, 7) is 1.39. The van der Waals surface area contributed by atoms with Gasteiger partial charge in [0.05, 0.1) is 5.41 Å². The fourth-order valence-corrected chi connectivity index (χ4v) is 3.16. The molecular formula is C16H24Cl2N2O. The van der Waals surface area contributed by atoms with Crippen LogP contribution in [0.3, 0.4) is 0 Å². The highest BCUT2D eigenvalue weighted by Crippen LogP contribution is 2.41. The fraction of sp³-hybridized carbons (Fsp3) is 0.562. The van der Waals surface area contributed by atoms with E-state index in [4.69, 9.17) is 17.3 Å². The average Bonchev–Trinajstić information content (AvgIpc) is 2.95. The zero-order valence-corrected chi connectivity index (χ0v) is 13.8. The number of amides is 1. The topological polar surface area (TPSA) is 55.1 Å². The lowest BCUT2D eigenvalue weighted by Gasteiger charge is -2.28. The summed E-state index contributed by atoms with van der Waals surface area (Å²) >= 11 is 5.95. The standard InChI is InChI=1S/C16H23ClN2O.ClH/c17-14-7-5-13(6-8-14)16(9-1-2-10-16)15(20)19-12-4-3-11-18;/h5-8H,1-4,9-12,18H2,(H,19,20);1H. The van der Waals surface area contributed by atoms with E-state index in [2.05, 4.69) is 5.32 Å². The molecular weight excluding hydrogens is 307 g/mol. The van der Waals surface area contributed by atoms with Gasteiger partial charge in [0.1, 0.15) is 0 Å². The molecule has 0 aliphatic heterocycles. The predicted octanol–water partition coefficient (Wildman–Crippen LogP) is 3.43. The van der Waals surface area contributed by atoms with E-state index in [0.29, 0.717) is 18.1 Å². The second-order valence-electron chi connectivity index (χ2n) is 5.55. The van der Waals surface area contributed by atoms with Crippen LogP contribution in [0.4, 0.5) is 0 Å². The molecule has 118 valence electrons. The van der Waals surface area contributed by atoms with Crippen molar-refractivity contribution in [1.82, 2.24) is 5.32 Å². The summed E-state index contributed by atoms with van der Waals surface area (Å²) in [5, 5.41) is 3.80. The third kappa shape index (κ3) is 4.35. The lowest BCUT2D eigenvalue weighted by atomic mass is 9.78. The summed E-state index contributed by atoms with van der Waals surface area (Å²) in [5.41, 5.74) is 6.21. The molecule has 0 saturated heterocycles. The van der Waals surface area contributed by atoms with Crippen molar-refractivity contribution in [3.63, 3.8) is 0 Å². The highest BCUT2D eigenvalue weighted by molar-refractivity contribution is 6.30. The number of benzene rings is 1. The average molecular weight is 331 g/mol. The smallest absolute Gasteiger partial charge is 0.230 e. The van der Waals surface area contributed by atoms with Gasteiger partial charge in [-0.2, -0.15) is 0 Å². The maximum absolute atomic E-state index is 12.6. The fourth-order valence-electron chi connectivity index (χ4n) is 3.03. The molecule has 1 aromatic carbocycles. The number of halogens is 2. The Morgan fingerprint density at radius 3 is 2.38 bits per heavy atom. The first-order chi connectivity index (χ1) is 9.69. The van der Waals surface area contributed by atoms with Gasteiger partial charge in [-0.05, 0) is 49.9 Å². The van der Waals surface area contributed by atoms with Crippen LogP contribution in [-0.4, -0.2) is 19.0 Å². The van der Waals surface area contributed by atoms with Crippen LogP contribution in [0.1, 0.15) is 44.1 Å². The Bertz CT molecular complexity index is 442. The van der Waals surface area contributed by atoms with Crippen molar-refractivity contribution in [2.75, 3.05) is 13.1 Å². The van der Waals surface area contributed by atoms with Gasteiger partial charge in [-0.1, -0.05) is 36.6 Å². The quantitative estimate of drug-likeness (QED) is 0.785. The van der Waals surface area contributed by atoms with Crippen LogP contribution < -0.4 is 11.1 Å². The number of rotatable bonds is 6. The molecule has 1 amide bonds. The largest absolute Gasteiger partial charge is 0.355 e. The molecule has 1 saturated carbocycles. The van der Waals surface area contributed by atoms with Gasteiger partial charge in [-0.15, -0.1) is 12.4 Å². The predicted molar refractivity (Wildman–Crippen MR) is 90.1 cm³/mol. The summed E-state index contributed by atoms with van der Waals surface area (Å²) in [7, 11) is 0. The molecule has 3 N–H and O–H groups in total. The summed E-state index contributed by atoms with van der Waals surface area (Å²) in [6, 6.07) is 7.73. The Labute approximate surface area is 138 Å². The molecule has 1 aliphatic rings. The van der Waals surface area contributed by atoms with Crippen molar-refractivity contribution in [1.29, 1.82) is 0 Å². The van der Waals surface area contributed by atoms with Gasteiger partial charge in [-0.25, -0.2) is 0 Å². The number of nitrogens with two attached hydrogens (primary N) is 1. The van der Waals surface area contributed by atoms with E-state index in [1.807, 2.05) is 24.3 Å². The number of hydrogen-bond acceptors (Lipinski definition) is 2. The minimum absolute atomic E-state index is 0. The minimum atomic E-state index is -0.354. The van der Waals surface area contributed by atoms with Crippen molar-refractivity contribution >= 4 is 29.9 Å². The molecule has 2 rings (SSSR count). The first-order valence-corrected chi connectivity index (χ1v) is 7.81. The van der Waals surface area contributed by atoms with Gasteiger partial charge < -0.3 is 11.1 Å². The SMILES string of the molecule is Cl.NCCCCNC(=O)C1(c2ccc(Cl)cc2)CCCC1. The Kier molecular flexibility index (Phi) is 7.50. The second kappa shape index (κ2) is 8.62. The van der Waals surface area contributed by atoms with Crippen LogP contribution in [0.25, 0.3) is 0 Å². The van der Waals surface area contributed by atoms with Gasteiger partial charge in [0.25, 0.3) is 0 Å². The third-order valence-electron chi connectivity index (χ3n) is 4.21. The molecule has 5 heteroatoms. The molecule has 3 nitrogen and oxygen atoms in total. The van der Waals surface area contributed by atoms with Gasteiger partial charge in [-0.3, -0.25) is 4.79 Å². The molecule has 0 spiro atoms. The van der Waals surface area contributed by atoms with Crippen molar-refractivity contribution < 1.29 is 4.79 Å². The summed E-state index contributed by atoms with van der Waals surface area (Å²) in [4.78, 5) is 12.6. The van der Waals surface area contributed by atoms with E-state index in [0.717, 1.165) is 44.1 Å². The van der Waals surface area contributed by atoms with Crippen LogP contribution in [0.15, 0.2) is 24.3 Å². The minimum Gasteiger partial charge on any atom is -0.355 e. The lowest BCUT2D eigenvalue weighted by Crippen LogP contribution is -2.43. The maximum atomic E-state index is 12.6. The zero-order valence-electron chi connectivity index (χ0n) is 12.2. The molecule has 21 heavy (non-hydrogen) atoms. The number of carbonyl (C=O) groups is 1. The van der Waals surface area contributed by atoms with Crippen molar-refractivity contribution in [2.24, 2.45) is 5.73 Å².